The van der Waals surface area contributed by atoms with Crippen LogP contribution in [0.5, 0.6) is 0 Å². The summed E-state index contributed by atoms with van der Waals surface area (Å²) in [6.45, 7) is 1.25. The molecule has 138 valence electrons. The predicted octanol–water partition coefficient (Wildman–Crippen LogP) is 2.35. The van der Waals surface area contributed by atoms with Gasteiger partial charge in [-0.3, -0.25) is 4.79 Å². The van der Waals surface area contributed by atoms with Crippen LogP contribution in [0.2, 0.25) is 0 Å². The lowest BCUT2D eigenvalue weighted by atomic mass is 9.98. The fourth-order valence-corrected chi connectivity index (χ4v) is 3.18. The lowest BCUT2D eigenvalue weighted by molar-refractivity contribution is -0.141. The first-order chi connectivity index (χ1) is 12.9. The molecule has 1 N–H and O–H groups in total. The monoisotopic (exact) mass is 371 g/mol. The summed E-state index contributed by atoms with van der Waals surface area (Å²) in [5.41, 5.74) is 0.0720. The van der Waals surface area contributed by atoms with Crippen LogP contribution in [0.25, 0.3) is 5.82 Å². The van der Waals surface area contributed by atoms with E-state index in [9.17, 15) is 18.7 Å². The molecule has 3 aromatic rings. The van der Waals surface area contributed by atoms with Gasteiger partial charge in [-0.1, -0.05) is 18.2 Å². The first-order valence-corrected chi connectivity index (χ1v) is 8.23. The van der Waals surface area contributed by atoms with E-state index in [0.717, 1.165) is 4.90 Å². The molecule has 0 bridgehead atoms. The van der Waals surface area contributed by atoms with Crippen LogP contribution in [-0.4, -0.2) is 31.0 Å². The molecule has 1 aliphatic rings. The molecule has 0 fully saturated rings. The van der Waals surface area contributed by atoms with Crippen LogP contribution < -0.4 is 4.90 Å². The highest BCUT2D eigenvalue weighted by molar-refractivity contribution is 6.06. The second-order valence-electron chi connectivity index (χ2n) is 6.19. The predicted molar refractivity (Wildman–Crippen MR) is 91.3 cm³/mol. The Kier molecular flexibility index (Phi) is 3.96. The third-order valence-corrected chi connectivity index (χ3v) is 4.38. The lowest BCUT2D eigenvalue weighted by Gasteiger charge is -2.17. The van der Waals surface area contributed by atoms with Crippen molar-refractivity contribution in [2.24, 2.45) is 0 Å². The van der Waals surface area contributed by atoms with Gasteiger partial charge in [-0.05, 0) is 30.7 Å². The van der Waals surface area contributed by atoms with Crippen molar-refractivity contribution in [3.05, 3.63) is 65.6 Å². The largest absolute Gasteiger partial charge is 0.389 e. The fraction of sp³-hybridized carbons (Fsp3) is 0.222. The molecule has 3 heterocycles. The van der Waals surface area contributed by atoms with E-state index >= 15 is 0 Å². The Bertz CT molecular complexity index is 1000. The maximum Gasteiger partial charge on any atom is 0.352 e. The van der Waals surface area contributed by atoms with E-state index in [1.54, 1.807) is 24.3 Å². The molecular formula is C18H15F2N5O2. The van der Waals surface area contributed by atoms with Crippen LogP contribution in [-0.2, 0) is 17.3 Å². The zero-order valence-corrected chi connectivity index (χ0v) is 14.3. The number of pyridine rings is 1. The molecule has 1 atom stereocenters. The summed E-state index contributed by atoms with van der Waals surface area (Å²) >= 11 is 0. The number of hydrogen-bond donors (Lipinski definition) is 1. The normalized spacial score (nSPS) is 16.4. The number of aromatic nitrogens is 4. The fourth-order valence-electron chi connectivity index (χ4n) is 3.18. The van der Waals surface area contributed by atoms with Gasteiger partial charge in [0.2, 0.25) is 0 Å². The number of rotatable bonds is 4. The van der Waals surface area contributed by atoms with Crippen molar-refractivity contribution in [2.75, 3.05) is 4.90 Å². The summed E-state index contributed by atoms with van der Waals surface area (Å²) in [5, 5.41) is 17.8. The van der Waals surface area contributed by atoms with Crippen molar-refractivity contribution in [1.29, 1.82) is 0 Å². The topological polar surface area (TPSA) is 84.1 Å². The van der Waals surface area contributed by atoms with Gasteiger partial charge in [-0.25, -0.2) is 4.98 Å². The Morgan fingerprint density at radius 1 is 1.15 bits per heavy atom. The highest BCUT2D eigenvalue weighted by Gasteiger charge is 2.54. The van der Waals surface area contributed by atoms with Gasteiger partial charge in [0.15, 0.2) is 5.82 Å². The maximum absolute atomic E-state index is 14.7. The zero-order valence-electron chi connectivity index (χ0n) is 14.3. The van der Waals surface area contributed by atoms with Crippen molar-refractivity contribution in [1.82, 2.24) is 20.0 Å². The van der Waals surface area contributed by atoms with Gasteiger partial charge in [0.25, 0.3) is 0 Å². The van der Waals surface area contributed by atoms with Gasteiger partial charge in [0.05, 0.1) is 42.0 Å². The molecule has 9 heteroatoms. The molecule has 2 aromatic heterocycles. The van der Waals surface area contributed by atoms with E-state index in [1.165, 1.54) is 36.2 Å². The molecular weight excluding hydrogens is 356 g/mol. The number of benzene rings is 1. The van der Waals surface area contributed by atoms with E-state index in [-0.39, 0.29) is 17.8 Å². The average Bonchev–Trinajstić information content (AvgIpc) is 3.25. The number of aliphatic hydroxyl groups is 1. The molecule has 27 heavy (non-hydrogen) atoms. The molecule has 0 saturated heterocycles. The number of nitrogens with zero attached hydrogens (tertiary/aromatic N) is 5. The maximum atomic E-state index is 14.7. The van der Waals surface area contributed by atoms with E-state index < -0.39 is 23.5 Å². The second-order valence-corrected chi connectivity index (χ2v) is 6.19. The van der Waals surface area contributed by atoms with Crippen LogP contribution in [0.15, 0.2) is 48.8 Å². The van der Waals surface area contributed by atoms with E-state index in [4.69, 9.17) is 0 Å². The van der Waals surface area contributed by atoms with Crippen LogP contribution in [0.1, 0.15) is 29.8 Å². The summed E-state index contributed by atoms with van der Waals surface area (Å²) in [7, 11) is 0. The number of carbonyl (C=O) groups excluding carboxylic acids is 1. The molecule has 0 saturated carbocycles. The van der Waals surface area contributed by atoms with Crippen molar-refractivity contribution >= 4 is 11.6 Å². The van der Waals surface area contributed by atoms with Crippen LogP contribution in [0.4, 0.5) is 14.5 Å². The number of halogens is 2. The minimum atomic E-state index is -3.70. The van der Waals surface area contributed by atoms with E-state index in [0.29, 0.717) is 11.5 Å². The lowest BCUT2D eigenvalue weighted by Crippen LogP contribution is -2.34. The number of aliphatic hydroxyl groups excluding tert-OH is 1. The van der Waals surface area contributed by atoms with Gasteiger partial charge < -0.3 is 10.0 Å². The summed E-state index contributed by atoms with van der Waals surface area (Å²) in [6.07, 6.45) is 1.87. The molecule has 0 radical (unpaired) electrons. The minimum Gasteiger partial charge on any atom is -0.389 e. The van der Waals surface area contributed by atoms with Gasteiger partial charge in [-0.2, -0.15) is 19.0 Å². The number of carbonyl (C=O) groups is 1. The Morgan fingerprint density at radius 3 is 2.56 bits per heavy atom. The third kappa shape index (κ3) is 2.76. The molecule has 1 aliphatic heterocycles. The van der Waals surface area contributed by atoms with Crippen molar-refractivity contribution in [3.8, 4) is 5.82 Å². The highest BCUT2D eigenvalue weighted by atomic mass is 19.3. The van der Waals surface area contributed by atoms with Crippen LogP contribution in [0.3, 0.4) is 0 Å². The Hall–Kier alpha value is -3.20. The molecule has 1 amide bonds. The first-order valence-electron chi connectivity index (χ1n) is 8.23. The number of hydrogen-bond acceptors (Lipinski definition) is 5. The van der Waals surface area contributed by atoms with Gasteiger partial charge >= 0.3 is 11.8 Å². The van der Waals surface area contributed by atoms with E-state index in [2.05, 4.69) is 15.2 Å². The smallest absolute Gasteiger partial charge is 0.352 e. The Labute approximate surface area is 152 Å². The summed E-state index contributed by atoms with van der Waals surface area (Å²) in [6, 6.07) is 9.38. The number of amides is 1. The van der Waals surface area contributed by atoms with E-state index in [1.807, 2.05) is 0 Å². The first kappa shape index (κ1) is 17.2. The summed E-state index contributed by atoms with van der Waals surface area (Å²) in [4.78, 5) is 19.0. The van der Waals surface area contributed by atoms with Crippen molar-refractivity contribution in [2.45, 2.75) is 25.5 Å². The second kappa shape index (κ2) is 6.20. The standard InChI is InChI=1S/C18H15F2N5O2/c1-11(26)13-5-3-6-14-16(13)18(19,20)17(27)24(14)10-12-4-2-7-15(23-12)25-21-8-9-22-25/h2-9,11,26H,10H2,1H3/t11-/m0/s1. The van der Waals surface area contributed by atoms with Gasteiger partial charge in [-0.15, -0.1) is 4.80 Å². The molecule has 4 rings (SSSR count). The quantitative estimate of drug-likeness (QED) is 0.761. The minimum absolute atomic E-state index is 0.0378. The summed E-state index contributed by atoms with van der Waals surface area (Å²) < 4.78 is 29.3. The number of alkyl halides is 2. The van der Waals surface area contributed by atoms with Crippen LogP contribution >= 0.6 is 0 Å². The molecule has 0 aliphatic carbocycles. The Morgan fingerprint density at radius 2 is 1.85 bits per heavy atom. The van der Waals surface area contributed by atoms with Gasteiger partial charge in [0.1, 0.15) is 0 Å². The van der Waals surface area contributed by atoms with Crippen molar-refractivity contribution < 1.29 is 18.7 Å². The molecule has 0 spiro atoms. The number of anilines is 1. The molecule has 1 aromatic carbocycles. The molecule has 7 nitrogen and oxygen atoms in total. The highest BCUT2D eigenvalue weighted by Crippen LogP contribution is 2.47. The van der Waals surface area contributed by atoms with Crippen LogP contribution in [0, 0.1) is 0 Å². The number of fused-ring (bicyclic) bond motifs is 1. The van der Waals surface area contributed by atoms with Crippen molar-refractivity contribution in [3.63, 3.8) is 0 Å². The Balaban J connectivity index is 1.74. The third-order valence-electron chi connectivity index (χ3n) is 4.38. The zero-order chi connectivity index (χ0) is 19.2. The van der Waals surface area contributed by atoms with Gasteiger partial charge in [0, 0.05) is 0 Å². The SMILES string of the molecule is C[C@H](O)c1cccc2c1C(F)(F)C(=O)N2Cc1cccc(-n2nccn2)n1. The molecule has 0 unspecified atom stereocenters. The summed E-state index contributed by atoms with van der Waals surface area (Å²) in [5.74, 6) is -4.63. The average molecular weight is 371 g/mol.